The summed E-state index contributed by atoms with van der Waals surface area (Å²) in [5, 5.41) is 1.77. The van der Waals surface area contributed by atoms with Crippen molar-refractivity contribution in [2.24, 2.45) is 0 Å². The summed E-state index contributed by atoms with van der Waals surface area (Å²) in [6.45, 7) is 0. The number of hydrogen-bond donors (Lipinski definition) is 0. The van der Waals surface area contributed by atoms with Gasteiger partial charge in [0.2, 0.25) is 0 Å². The van der Waals surface area contributed by atoms with Crippen molar-refractivity contribution in [1.29, 1.82) is 0 Å². The van der Waals surface area contributed by atoms with Gasteiger partial charge in [-0.1, -0.05) is 54.1 Å². The quantitative estimate of drug-likeness (QED) is 0.431. The van der Waals surface area contributed by atoms with Crippen LogP contribution in [0.2, 0.25) is 5.02 Å². The van der Waals surface area contributed by atoms with Crippen LogP contribution >= 0.6 is 11.6 Å². The fourth-order valence-corrected chi connectivity index (χ4v) is 3.03. The van der Waals surface area contributed by atoms with Crippen molar-refractivity contribution in [3.05, 3.63) is 77.8 Å². The Morgan fingerprint density at radius 1 is 0.833 bits per heavy atom. The second-order valence-corrected chi connectivity index (χ2v) is 5.98. The van der Waals surface area contributed by atoms with Crippen molar-refractivity contribution >= 4 is 22.6 Å². The Balaban J connectivity index is 2.02. The van der Waals surface area contributed by atoms with E-state index in [1.807, 2.05) is 72.8 Å². The Hall–Kier alpha value is -2.71. The molecule has 4 aromatic rings. The van der Waals surface area contributed by atoms with Gasteiger partial charge in [0.1, 0.15) is 17.1 Å². The Labute approximate surface area is 145 Å². The minimum atomic E-state index is 0.717. The van der Waals surface area contributed by atoms with Gasteiger partial charge in [0.05, 0.1) is 7.11 Å². The molecule has 2 nitrogen and oxygen atoms in total. The lowest BCUT2D eigenvalue weighted by Crippen LogP contribution is -1.82. The van der Waals surface area contributed by atoms with Gasteiger partial charge in [-0.05, 0) is 29.8 Å². The third-order valence-corrected chi connectivity index (χ3v) is 4.32. The first kappa shape index (κ1) is 14.9. The molecule has 0 radical (unpaired) electrons. The van der Waals surface area contributed by atoms with Crippen LogP contribution in [0.3, 0.4) is 0 Å². The third-order valence-electron chi connectivity index (χ3n) is 4.07. The molecule has 0 aliphatic heterocycles. The van der Waals surface area contributed by atoms with Gasteiger partial charge in [-0.25, -0.2) is 0 Å². The van der Waals surface area contributed by atoms with Crippen LogP contribution in [0, 0.1) is 0 Å². The first-order valence-corrected chi connectivity index (χ1v) is 8.06. The number of methoxy groups -OCH3 is 1. The lowest BCUT2D eigenvalue weighted by Gasteiger charge is -2.04. The lowest BCUT2D eigenvalue weighted by molar-refractivity contribution is 0.414. The van der Waals surface area contributed by atoms with E-state index >= 15 is 0 Å². The number of halogens is 1. The highest BCUT2D eigenvalue weighted by Crippen LogP contribution is 2.41. The van der Waals surface area contributed by atoms with Gasteiger partial charge < -0.3 is 9.15 Å². The van der Waals surface area contributed by atoms with E-state index in [-0.39, 0.29) is 0 Å². The second-order valence-electron chi connectivity index (χ2n) is 5.54. The maximum atomic E-state index is 6.20. The molecule has 24 heavy (non-hydrogen) atoms. The zero-order valence-corrected chi connectivity index (χ0v) is 13.9. The lowest BCUT2D eigenvalue weighted by atomic mass is 9.98. The van der Waals surface area contributed by atoms with E-state index in [0.29, 0.717) is 0 Å². The standard InChI is InChI=1S/C21H15ClO2/c1-23-17-11-12-18-19(13-17)24-21(15-5-3-2-4-6-15)20(18)14-7-9-16(22)10-8-14/h2-13H,1H3. The van der Waals surface area contributed by atoms with E-state index in [2.05, 4.69) is 0 Å². The molecule has 0 bridgehead atoms. The molecule has 0 amide bonds. The average molecular weight is 335 g/mol. The van der Waals surface area contributed by atoms with E-state index < -0.39 is 0 Å². The first-order valence-electron chi connectivity index (χ1n) is 7.68. The van der Waals surface area contributed by atoms with Crippen LogP contribution in [0.15, 0.2) is 77.2 Å². The molecule has 4 rings (SSSR count). The van der Waals surface area contributed by atoms with Gasteiger partial charge in [-0.3, -0.25) is 0 Å². The monoisotopic (exact) mass is 334 g/mol. The smallest absolute Gasteiger partial charge is 0.143 e. The van der Waals surface area contributed by atoms with E-state index in [4.69, 9.17) is 20.8 Å². The molecule has 0 unspecified atom stereocenters. The largest absolute Gasteiger partial charge is 0.497 e. The zero-order valence-electron chi connectivity index (χ0n) is 13.1. The number of fused-ring (bicyclic) bond motifs is 1. The molecule has 3 aromatic carbocycles. The molecular weight excluding hydrogens is 320 g/mol. The van der Waals surface area contributed by atoms with Crippen molar-refractivity contribution in [1.82, 2.24) is 0 Å². The predicted octanol–water partition coefficient (Wildman–Crippen LogP) is 6.43. The zero-order chi connectivity index (χ0) is 16.5. The highest BCUT2D eigenvalue weighted by Gasteiger charge is 2.18. The fourth-order valence-electron chi connectivity index (χ4n) is 2.90. The fraction of sp³-hybridized carbons (Fsp3) is 0.0476. The van der Waals surface area contributed by atoms with Gasteiger partial charge in [-0.15, -0.1) is 0 Å². The van der Waals surface area contributed by atoms with Crippen LogP contribution in [0.1, 0.15) is 0 Å². The summed E-state index contributed by atoms with van der Waals surface area (Å²) in [5.74, 6) is 1.62. The number of ether oxygens (including phenoxy) is 1. The predicted molar refractivity (Wildman–Crippen MR) is 98.6 cm³/mol. The van der Waals surface area contributed by atoms with E-state index in [9.17, 15) is 0 Å². The third kappa shape index (κ3) is 2.55. The minimum absolute atomic E-state index is 0.717. The summed E-state index contributed by atoms with van der Waals surface area (Å²) in [7, 11) is 1.66. The van der Waals surface area contributed by atoms with Crippen molar-refractivity contribution in [3.8, 4) is 28.2 Å². The van der Waals surface area contributed by atoms with Crippen molar-refractivity contribution in [2.75, 3.05) is 7.11 Å². The van der Waals surface area contributed by atoms with Crippen molar-refractivity contribution in [3.63, 3.8) is 0 Å². The Kier molecular flexibility index (Phi) is 3.75. The van der Waals surface area contributed by atoms with E-state index in [1.54, 1.807) is 7.11 Å². The van der Waals surface area contributed by atoms with Crippen LogP contribution in [-0.2, 0) is 0 Å². The Morgan fingerprint density at radius 2 is 1.58 bits per heavy atom. The molecular formula is C21H15ClO2. The molecule has 0 spiro atoms. The normalized spacial score (nSPS) is 10.9. The minimum Gasteiger partial charge on any atom is -0.497 e. The summed E-state index contributed by atoms with van der Waals surface area (Å²) in [6.07, 6.45) is 0. The average Bonchev–Trinajstić information content (AvgIpc) is 3.01. The van der Waals surface area contributed by atoms with Crippen LogP contribution in [0.4, 0.5) is 0 Å². The van der Waals surface area contributed by atoms with Gasteiger partial charge in [0.25, 0.3) is 0 Å². The van der Waals surface area contributed by atoms with Gasteiger partial charge in [0, 0.05) is 27.6 Å². The van der Waals surface area contributed by atoms with Crippen molar-refractivity contribution < 1.29 is 9.15 Å². The number of furan rings is 1. The SMILES string of the molecule is COc1ccc2c(-c3ccc(Cl)cc3)c(-c3ccccc3)oc2c1. The molecule has 0 aliphatic rings. The molecule has 1 heterocycles. The summed E-state index contributed by atoms with van der Waals surface area (Å²) in [5.41, 5.74) is 3.98. The summed E-state index contributed by atoms with van der Waals surface area (Å²) >= 11 is 6.05. The summed E-state index contributed by atoms with van der Waals surface area (Å²) in [6, 6.07) is 23.8. The van der Waals surface area contributed by atoms with Gasteiger partial charge in [-0.2, -0.15) is 0 Å². The van der Waals surface area contributed by atoms with E-state index in [1.165, 1.54) is 0 Å². The van der Waals surface area contributed by atoms with Crippen LogP contribution in [-0.4, -0.2) is 7.11 Å². The molecule has 0 fully saturated rings. The second kappa shape index (κ2) is 6.06. The Bertz CT molecular complexity index is 986. The number of rotatable bonds is 3. The molecule has 0 atom stereocenters. The maximum Gasteiger partial charge on any atom is 0.143 e. The highest BCUT2D eigenvalue weighted by molar-refractivity contribution is 6.30. The number of hydrogen-bond acceptors (Lipinski definition) is 2. The van der Waals surface area contributed by atoms with Crippen molar-refractivity contribution in [2.45, 2.75) is 0 Å². The molecule has 3 heteroatoms. The van der Waals surface area contributed by atoms with Gasteiger partial charge in [0.15, 0.2) is 0 Å². The Morgan fingerprint density at radius 3 is 2.29 bits per heavy atom. The van der Waals surface area contributed by atoms with Crippen LogP contribution < -0.4 is 4.74 Å². The summed E-state index contributed by atoms with van der Waals surface area (Å²) < 4.78 is 11.5. The molecule has 0 saturated heterocycles. The number of benzene rings is 3. The molecule has 0 saturated carbocycles. The van der Waals surface area contributed by atoms with Crippen LogP contribution in [0.25, 0.3) is 33.4 Å². The maximum absolute atomic E-state index is 6.20. The molecule has 1 aromatic heterocycles. The van der Waals surface area contributed by atoms with Gasteiger partial charge >= 0.3 is 0 Å². The molecule has 0 N–H and O–H groups in total. The molecule has 118 valence electrons. The summed E-state index contributed by atoms with van der Waals surface area (Å²) in [4.78, 5) is 0. The topological polar surface area (TPSA) is 22.4 Å². The highest BCUT2D eigenvalue weighted by atomic mass is 35.5. The van der Waals surface area contributed by atoms with E-state index in [0.717, 1.165) is 44.2 Å². The molecule has 0 aliphatic carbocycles. The van der Waals surface area contributed by atoms with Crippen LogP contribution in [0.5, 0.6) is 5.75 Å². The first-order chi connectivity index (χ1) is 11.8.